The largest absolute Gasteiger partial charge is 0.464 e. The van der Waals surface area contributed by atoms with E-state index in [1.165, 1.54) is 11.9 Å². The van der Waals surface area contributed by atoms with E-state index < -0.39 is 0 Å². The molecule has 0 bridgehead atoms. The van der Waals surface area contributed by atoms with Gasteiger partial charge in [0, 0.05) is 30.3 Å². The average Bonchev–Trinajstić information content (AvgIpc) is 3.06. The fraction of sp³-hybridized carbons (Fsp3) is 0.357. The molecular formula is C14H16ClN3O2S. The standard InChI is InChI=1S/C14H16ClN3O2S/c1-9-3-2-4-11(15)13(9)18-17-10(8-21-18)7-16-12-5-6-20-14(12)19/h2-4,8,12,16-17H,5-7H2,1H3. The van der Waals surface area contributed by atoms with Crippen LogP contribution in [0.4, 0.5) is 5.69 Å². The number of carbonyl (C=O) groups is 1. The summed E-state index contributed by atoms with van der Waals surface area (Å²) in [5.41, 5.74) is 6.34. The highest BCUT2D eigenvalue weighted by molar-refractivity contribution is 8.03. The van der Waals surface area contributed by atoms with E-state index in [4.69, 9.17) is 16.3 Å². The minimum atomic E-state index is -0.200. The average molecular weight is 326 g/mol. The second kappa shape index (κ2) is 6.17. The van der Waals surface area contributed by atoms with Crippen LogP contribution in [-0.2, 0) is 9.53 Å². The van der Waals surface area contributed by atoms with Crippen LogP contribution in [0.3, 0.4) is 0 Å². The predicted octanol–water partition coefficient (Wildman–Crippen LogP) is 2.37. The maximum absolute atomic E-state index is 11.4. The molecule has 0 aromatic heterocycles. The van der Waals surface area contributed by atoms with Crippen LogP contribution in [0.1, 0.15) is 12.0 Å². The summed E-state index contributed by atoms with van der Waals surface area (Å²) in [6.45, 7) is 3.11. The molecule has 0 aliphatic carbocycles. The number of rotatable bonds is 4. The van der Waals surface area contributed by atoms with Gasteiger partial charge < -0.3 is 4.74 Å². The van der Waals surface area contributed by atoms with E-state index in [9.17, 15) is 4.79 Å². The van der Waals surface area contributed by atoms with Crippen LogP contribution < -0.4 is 15.2 Å². The van der Waals surface area contributed by atoms with Crippen LogP contribution in [-0.4, -0.2) is 25.2 Å². The van der Waals surface area contributed by atoms with E-state index in [-0.39, 0.29) is 12.0 Å². The van der Waals surface area contributed by atoms with Crippen molar-refractivity contribution in [3.05, 3.63) is 39.9 Å². The van der Waals surface area contributed by atoms with Gasteiger partial charge in [-0.2, -0.15) is 0 Å². The molecule has 0 spiro atoms. The lowest BCUT2D eigenvalue weighted by atomic mass is 10.2. The van der Waals surface area contributed by atoms with Crippen molar-refractivity contribution in [2.24, 2.45) is 0 Å². The monoisotopic (exact) mass is 325 g/mol. The van der Waals surface area contributed by atoms with E-state index in [0.717, 1.165) is 23.4 Å². The number of nitrogens with zero attached hydrogens (tertiary/aromatic N) is 1. The third-order valence-corrected chi connectivity index (χ3v) is 4.59. The van der Waals surface area contributed by atoms with E-state index in [0.29, 0.717) is 18.2 Å². The van der Waals surface area contributed by atoms with E-state index >= 15 is 0 Å². The van der Waals surface area contributed by atoms with Crippen molar-refractivity contribution >= 4 is 35.2 Å². The molecule has 112 valence electrons. The summed E-state index contributed by atoms with van der Waals surface area (Å²) in [6.07, 6.45) is 0.729. The van der Waals surface area contributed by atoms with E-state index in [1.54, 1.807) is 0 Å². The molecule has 0 amide bonds. The van der Waals surface area contributed by atoms with Crippen molar-refractivity contribution in [3.8, 4) is 0 Å². The Morgan fingerprint density at radius 2 is 2.43 bits per heavy atom. The number of ether oxygens (including phenoxy) is 1. The van der Waals surface area contributed by atoms with Crippen LogP contribution in [0.2, 0.25) is 5.02 Å². The van der Waals surface area contributed by atoms with E-state index in [2.05, 4.69) is 10.7 Å². The summed E-state index contributed by atoms with van der Waals surface area (Å²) in [5.74, 6) is -0.167. The number of hydrogen-bond acceptors (Lipinski definition) is 6. The number of para-hydroxylation sites is 1. The summed E-state index contributed by atoms with van der Waals surface area (Å²) < 4.78 is 6.86. The minimum Gasteiger partial charge on any atom is -0.464 e. The van der Waals surface area contributed by atoms with Gasteiger partial charge in [0.15, 0.2) is 0 Å². The zero-order valence-electron chi connectivity index (χ0n) is 11.6. The summed E-state index contributed by atoms with van der Waals surface area (Å²) in [7, 11) is 0. The molecular weight excluding hydrogens is 310 g/mol. The second-order valence-corrected chi connectivity index (χ2v) is 6.17. The van der Waals surface area contributed by atoms with Gasteiger partial charge in [0.1, 0.15) is 6.04 Å². The van der Waals surface area contributed by atoms with Crippen LogP contribution in [0.15, 0.2) is 29.3 Å². The Morgan fingerprint density at radius 1 is 1.57 bits per heavy atom. The van der Waals surface area contributed by atoms with Gasteiger partial charge in [0.2, 0.25) is 0 Å². The number of anilines is 1. The lowest BCUT2D eigenvalue weighted by Gasteiger charge is -2.22. The smallest absolute Gasteiger partial charge is 0.323 e. The fourth-order valence-corrected chi connectivity index (χ4v) is 3.53. The van der Waals surface area contributed by atoms with Gasteiger partial charge in [-0.1, -0.05) is 23.7 Å². The van der Waals surface area contributed by atoms with Gasteiger partial charge in [0.25, 0.3) is 0 Å². The first-order chi connectivity index (χ1) is 10.1. The third kappa shape index (κ3) is 3.12. The predicted molar refractivity (Wildman–Crippen MR) is 84.8 cm³/mol. The summed E-state index contributed by atoms with van der Waals surface area (Å²) in [5, 5.41) is 5.91. The van der Waals surface area contributed by atoms with E-state index in [1.807, 2.05) is 34.9 Å². The molecule has 1 aromatic rings. The summed E-state index contributed by atoms with van der Waals surface area (Å²) in [6, 6.07) is 5.63. The lowest BCUT2D eigenvalue weighted by Crippen LogP contribution is -2.38. The van der Waals surface area contributed by atoms with Gasteiger partial charge in [-0.25, -0.2) is 4.41 Å². The number of aryl methyl sites for hydroxylation is 1. The molecule has 2 heterocycles. The van der Waals surface area contributed by atoms with Crippen LogP contribution in [0.25, 0.3) is 0 Å². The SMILES string of the molecule is Cc1cccc(Cl)c1N1NC(CNC2CCOC2=O)=CS1. The molecule has 7 heteroatoms. The van der Waals surface area contributed by atoms with Crippen LogP contribution in [0, 0.1) is 6.92 Å². The molecule has 5 nitrogen and oxygen atoms in total. The molecule has 2 N–H and O–H groups in total. The van der Waals surface area contributed by atoms with Crippen molar-refractivity contribution in [1.29, 1.82) is 0 Å². The molecule has 1 aromatic carbocycles. The number of hydrazine groups is 1. The molecule has 2 aliphatic heterocycles. The highest BCUT2D eigenvalue weighted by atomic mass is 35.5. The minimum absolute atomic E-state index is 0.167. The first-order valence-corrected chi connectivity index (χ1v) is 7.94. The van der Waals surface area contributed by atoms with Crippen LogP contribution in [0.5, 0.6) is 0 Å². The number of cyclic esters (lactones) is 1. The maximum atomic E-state index is 11.4. The second-order valence-electron chi connectivity index (χ2n) is 4.95. The Bertz CT molecular complexity index is 573. The molecule has 0 radical (unpaired) electrons. The first kappa shape index (κ1) is 14.6. The van der Waals surface area contributed by atoms with Crippen molar-refractivity contribution < 1.29 is 9.53 Å². The van der Waals surface area contributed by atoms with Gasteiger partial charge in [0.05, 0.1) is 23.0 Å². The van der Waals surface area contributed by atoms with Crippen molar-refractivity contribution in [3.63, 3.8) is 0 Å². The van der Waals surface area contributed by atoms with Gasteiger partial charge in [-0.15, -0.1) is 0 Å². The highest BCUT2D eigenvalue weighted by Gasteiger charge is 2.27. The lowest BCUT2D eigenvalue weighted by molar-refractivity contribution is -0.139. The summed E-state index contributed by atoms with van der Waals surface area (Å²) in [4.78, 5) is 11.4. The first-order valence-electron chi connectivity index (χ1n) is 6.73. The van der Waals surface area contributed by atoms with Crippen LogP contribution >= 0.6 is 23.5 Å². The van der Waals surface area contributed by atoms with Gasteiger partial charge in [-0.05, 0) is 18.6 Å². The molecule has 1 saturated heterocycles. The quantitative estimate of drug-likeness (QED) is 0.655. The number of hydrogen-bond donors (Lipinski definition) is 2. The number of benzene rings is 1. The molecule has 3 rings (SSSR count). The maximum Gasteiger partial charge on any atom is 0.323 e. The number of esters is 1. The molecule has 21 heavy (non-hydrogen) atoms. The Kier molecular flexibility index (Phi) is 4.28. The number of halogens is 1. The fourth-order valence-electron chi connectivity index (χ4n) is 2.28. The highest BCUT2D eigenvalue weighted by Crippen LogP contribution is 2.35. The molecule has 1 unspecified atom stereocenters. The molecule has 1 fully saturated rings. The summed E-state index contributed by atoms with van der Waals surface area (Å²) >= 11 is 7.80. The molecule has 2 aliphatic rings. The van der Waals surface area contributed by atoms with Gasteiger partial charge >= 0.3 is 5.97 Å². The Labute approximate surface area is 132 Å². The molecule has 0 saturated carbocycles. The van der Waals surface area contributed by atoms with Crippen molar-refractivity contribution in [1.82, 2.24) is 10.7 Å². The third-order valence-electron chi connectivity index (χ3n) is 3.41. The number of carbonyl (C=O) groups excluding carboxylic acids is 1. The normalized spacial score (nSPS) is 21.2. The van der Waals surface area contributed by atoms with Crippen molar-refractivity contribution in [2.75, 3.05) is 17.6 Å². The Balaban J connectivity index is 1.59. The zero-order chi connectivity index (χ0) is 14.8. The Morgan fingerprint density at radius 3 is 3.14 bits per heavy atom. The topological polar surface area (TPSA) is 53.6 Å². The van der Waals surface area contributed by atoms with Crippen molar-refractivity contribution in [2.45, 2.75) is 19.4 Å². The number of nitrogens with one attached hydrogen (secondary N) is 2. The van der Waals surface area contributed by atoms with Gasteiger partial charge in [-0.3, -0.25) is 15.5 Å². The molecule has 1 atom stereocenters. The zero-order valence-corrected chi connectivity index (χ0v) is 13.1. The Hall–Kier alpha value is -1.37.